The Morgan fingerprint density at radius 3 is 2.96 bits per heavy atom. The second kappa shape index (κ2) is 6.09. The summed E-state index contributed by atoms with van der Waals surface area (Å²) in [7, 11) is 0. The molecule has 0 aliphatic carbocycles. The zero-order chi connectivity index (χ0) is 16.5. The van der Waals surface area contributed by atoms with Gasteiger partial charge in [0.05, 0.1) is 48.9 Å². The van der Waals surface area contributed by atoms with Gasteiger partial charge in [-0.3, -0.25) is 9.48 Å². The van der Waals surface area contributed by atoms with Gasteiger partial charge in [0.15, 0.2) is 0 Å². The summed E-state index contributed by atoms with van der Waals surface area (Å²) in [6.45, 7) is 2.31. The Bertz CT molecular complexity index is 882. The molecule has 0 bridgehead atoms. The topological polar surface area (TPSA) is 76.2 Å². The average Bonchev–Trinajstić information content (AvgIpc) is 3.28. The SMILES string of the molecule is O=C(CCn1cnc2ccccc21)N1Cc2cnn(CCO)c2C1. The Hall–Kier alpha value is -2.67. The van der Waals surface area contributed by atoms with Crippen molar-refractivity contribution in [3.8, 4) is 0 Å². The molecule has 1 amide bonds. The van der Waals surface area contributed by atoms with E-state index in [9.17, 15) is 4.79 Å². The highest BCUT2D eigenvalue weighted by Crippen LogP contribution is 2.23. The van der Waals surface area contributed by atoms with Gasteiger partial charge in [-0.1, -0.05) is 12.1 Å². The summed E-state index contributed by atoms with van der Waals surface area (Å²) < 4.78 is 3.80. The number of nitrogens with zero attached hydrogens (tertiary/aromatic N) is 5. The fourth-order valence-corrected chi connectivity index (χ4v) is 3.23. The first kappa shape index (κ1) is 14.9. The van der Waals surface area contributed by atoms with Crippen molar-refractivity contribution in [1.29, 1.82) is 0 Å². The van der Waals surface area contributed by atoms with E-state index < -0.39 is 0 Å². The molecule has 7 nitrogen and oxygen atoms in total. The largest absolute Gasteiger partial charge is 0.394 e. The van der Waals surface area contributed by atoms with E-state index in [1.165, 1.54) is 0 Å². The van der Waals surface area contributed by atoms with E-state index in [-0.39, 0.29) is 12.5 Å². The highest BCUT2D eigenvalue weighted by molar-refractivity contribution is 5.78. The third kappa shape index (κ3) is 2.56. The standard InChI is InChI=1S/C17H19N5O2/c23-8-7-22-16-11-21(10-13(16)9-19-22)17(24)5-6-20-12-18-14-3-1-2-4-15(14)20/h1-4,9,12,23H,5-8,10-11H2. The molecule has 0 atom stereocenters. The number of imidazole rings is 1. The molecule has 124 valence electrons. The first-order chi connectivity index (χ1) is 11.8. The van der Waals surface area contributed by atoms with Gasteiger partial charge in [-0.15, -0.1) is 0 Å². The predicted octanol–water partition coefficient (Wildman–Crippen LogP) is 1.16. The molecule has 1 aromatic carbocycles. The van der Waals surface area contributed by atoms with Crippen molar-refractivity contribution in [2.75, 3.05) is 6.61 Å². The molecule has 0 radical (unpaired) electrons. The van der Waals surface area contributed by atoms with Crippen LogP contribution in [0.2, 0.25) is 0 Å². The van der Waals surface area contributed by atoms with Crippen LogP contribution in [0.4, 0.5) is 0 Å². The Labute approximate surface area is 139 Å². The van der Waals surface area contributed by atoms with Gasteiger partial charge in [0.25, 0.3) is 0 Å². The Morgan fingerprint density at radius 2 is 2.08 bits per heavy atom. The van der Waals surface area contributed by atoms with Crippen LogP contribution in [0.25, 0.3) is 11.0 Å². The van der Waals surface area contributed by atoms with Crippen molar-refractivity contribution in [3.63, 3.8) is 0 Å². The van der Waals surface area contributed by atoms with Gasteiger partial charge in [0.2, 0.25) is 5.91 Å². The number of hydrogen-bond acceptors (Lipinski definition) is 4. The first-order valence-corrected chi connectivity index (χ1v) is 8.08. The monoisotopic (exact) mass is 325 g/mol. The molecule has 2 aromatic heterocycles. The maximum absolute atomic E-state index is 12.5. The number of carbonyl (C=O) groups is 1. The van der Waals surface area contributed by atoms with Gasteiger partial charge >= 0.3 is 0 Å². The number of benzene rings is 1. The van der Waals surface area contributed by atoms with Gasteiger partial charge in [0.1, 0.15) is 0 Å². The number of rotatable bonds is 5. The second-order valence-corrected chi connectivity index (χ2v) is 5.99. The molecule has 0 spiro atoms. The van der Waals surface area contributed by atoms with Crippen molar-refractivity contribution in [2.24, 2.45) is 0 Å². The number of fused-ring (bicyclic) bond motifs is 2. The molecule has 0 saturated carbocycles. The van der Waals surface area contributed by atoms with Crippen molar-refractivity contribution < 1.29 is 9.90 Å². The molecule has 0 saturated heterocycles. The fraction of sp³-hybridized carbons (Fsp3) is 0.353. The zero-order valence-corrected chi connectivity index (χ0v) is 13.3. The van der Waals surface area contributed by atoms with Gasteiger partial charge < -0.3 is 14.6 Å². The van der Waals surface area contributed by atoms with E-state index >= 15 is 0 Å². The van der Waals surface area contributed by atoms with E-state index in [1.807, 2.05) is 33.7 Å². The minimum absolute atomic E-state index is 0.0514. The summed E-state index contributed by atoms with van der Waals surface area (Å²) in [5, 5.41) is 13.3. The minimum Gasteiger partial charge on any atom is -0.394 e. The minimum atomic E-state index is 0.0514. The Morgan fingerprint density at radius 1 is 1.21 bits per heavy atom. The number of hydrogen-bond donors (Lipinski definition) is 1. The highest BCUT2D eigenvalue weighted by Gasteiger charge is 2.26. The number of aliphatic hydroxyl groups is 1. The lowest BCUT2D eigenvalue weighted by atomic mass is 10.3. The van der Waals surface area contributed by atoms with Gasteiger partial charge in [-0.2, -0.15) is 5.10 Å². The summed E-state index contributed by atoms with van der Waals surface area (Å²) in [4.78, 5) is 18.7. The van der Waals surface area contributed by atoms with Crippen molar-refractivity contribution in [1.82, 2.24) is 24.2 Å². The number of carbonyl (C=O) groups excluding carboxylic acids is 1. The molecular weight excluding hydrogens is 306 g/mol. The van der Waals surface area contributed by atoms with Gasteiger partial charge in [-0.05, 0) is 12.1 Å². The number of para-hydroxylation sites is 2. The van der Waals surface area contributed by atoms with Crippen LogP contribution in [0.1, 0.15) is 17.7 Å². The molecule has 0 unspecified atom stereocenters. The molecule has 3 heterocycles. The molecule has 1 aliphatic rings. The van der Waals surface area contributed by atoms with Crippen molar-refractivity contribution in [3.05, 3.63) is 48.0 Å². The summed E-state index contributed by atoms with van der Waals surface area (Å²) in [5.41, 5.74) is 4.10. The molecule has 4 rings (SSSR count). The van der Waals surface area contributed by atoms with Crippen LogP contribution in [-0.2, 0) is 31.0 Å². The van der Waals surface area contributed by atoms with Crippen molar-refractivity contribution in [2.45, 2.75) is 32.6 Å². The van der Waals surface area contributed by atoms with E-state index in [0.717, 1.165) is 22.3 Å². The molecule has 3 aromatic rings. The summed E-state index contributed by atoms with van der Waals surface area (Å²) in [5.74, 6) is 0.125. The maximum atomic E-state index is 12.5. The predicted molar refractivity (Wildman–Crippen MR) is 87.9 cm³/mol. The average molecular weight is 325 g/mol. The summed E-state index contributed by atoms with van der Waals surface area (Å²) in [6.07, 6.45) is 4.02. The van der Waals surface area contributed by atoms with Crippen molar-refractivity contribution >= 4 is 16.9 Å². The maximum Gasteiger partial charge on any atom is 0.225 e. The smallest absolute Gasteiger partial charge is 0.225 e. The lowest BCUT2D eigenvalue weighted by molar-refractivity contribution is -0.132. The second-order valence-electron chi connectivity index (χ2n) is 5.99. The quantitative estimate of drug-likeness (QED) is 0.764. The van der Waals surface area contributed by atoms with E-state index in [4.69, 9.17) is 5.11 Å². The summed E-state index contributed by atoms with van der Waals surface area (Å²) in [6, 6.07) is 7.92. The molecule has 1 N–H and O–H groups in total. The third-order valence-electron chi connectivity index (χ3n) is 4.50. The molecule has 7 heteroatoms. The number of aliphatic hydroxyl groups excluding tert-OH is 1. The summed E-state index contributed by atoms with van der Waals surface area (Å²) >= 11 is 0. The van der Waals surface area contributed by atoms with E-state index in [1.54, 1.807) is 17.2 Å². The number of aromatic nitrogens is 4. The van der Waals surface area contributed by atoms with E-state index in [0.29, 0.717) is 32.6 Å². The highest BCUT2D eigenvalue weighted by atomic mass is 16.3. The Balaban J connectivity index is 1.41. The molecule has 24 heavy (non-hydrogen) atoms. The lowest BCUT2D eigenvalue weighted by Crippen LogP contribution is -2.27. The van der Waals surface area contributed by atoms with Crippen LogP contribution in [-0.4, -0.2) is 41.9 Å². The van der Waals surface area contributed by atoms with Crippen LogP contribution < -0.4 is 0 Å². The van der Waals surface area contributed by atoms with Crippen LogP contribution >= 0.6 is 0 Å². The van der Waals surface area contributed by atoms with Crippen LogP contribution in [0.15, 0.2) is 36.8 Å². The van der Waals surface area contributed by atoms with Crippen LogP contribution in [0.5, 0.6) is 0 Å². The third-order valence-corrected chi connectivity index (χ3v) is 4.50. The zero-order valence-electron chi connectivity index (χ0n) is 13.3. The number of amides is 1. The lowest BCUT2D eigenvalue weighted by Gasteiger charge is -2.16. The van der Waals surface area contributed by atoms with Crippen LogP contribution in [0, 0.1) is 0 Å². The van der Waals surface area contributed by atoms with Gasteiger partial charge in [-0.25, -0.2) is 4.98 Å². The fourth-order valence-electron chi connectivity index (χ4n) is 3.23. The molecule has 1 aliphatic heterocycles. The van der Waals surface area contributed by atoms with E-state index in [2.05, 4.69) is 10.1 Å². The molecule has 0 fully saturated rings. The van der Waals surface area contributed by atoms with Gasteiger partial charge in [0, 0.05) is 25.1 Å². The van der Waals surface area contributed by atoms with Crippen LogP contribution in [0.3, 0.4) is 0 Å². The first-order valence-electron chi connectivity index (χ1n) is 8.08. The molecular formula is C17H19N5O2. The number of aryl methyl sites for hydroxylation is 1. The normalized spacial score (nSPS) is 13.6. The Kier molecular flexibility index (Phi) is 3.78.